The number of carbonyl (C=O) groups excluding carboxylic acids is 1. The number of rotatable bonds is 6. The van der Waals surface area contributed by atoms with Crippen molar-refractivity contribution < 1.29 is 13.6 Å². The summed E-state index contributed by atoms with van der Waals surface area (Å²) in [4.78, 5) is 13.2. The lowest BCUT2D eigenvalue weighted by molar-refractivity contribution is 0.102. The smallest absolute Gasteiger partial charge is 0.255 e. The van der Waals surface area contributed by atoms with Gasteiger partial charge in [0, 0.05) is 21.7 Å². The molecule has 0 unspecified atom stereocenters. The van der Waals surface area contributed by atoms with Gasteiger partial charge in [0.1, 0.15) is 5.82 Å². The van der Waals surface area contributed by atoms with Crippen molar-refractivity contribution in [2.45, 2.75) is 10.6 Å². The van der Waals surface area contributed by atoms with E-state index in [1.165, 1.54) is 23.9 Å². The Balaban J connectivity index is 1.34. The maximum atomic E-state index is 13.3. The molecule has 1 N–H and O–H groups in total. The largest absolute Gasteiger partial charge is 0.420 e. The first-order valence-corrected chi connectivity index (χ1v) is 9.83. The number of hydrogen-bond donors (Lipinski definition) is 1. The Hall–Kier alpha value is -3.45. The second-order valence-corrected chi connectivity index (χ2v) is 7.19. The Morgan fingerprint density at radius 1 is 0.966 bits per heavy atom. The van der Waals surface area contributed by atoms with Crippen molar-refractivity contribution in [1.82, 2.24) is 10.2 Å². The second kappa shape index (κ2) is 8.70. The molecule has 0 atom stereocenters. The minimum Gasteiger partial charge on any atom is -0.420 e. The lowest BCUT2D eigenvalue weighted by Gasteiger charge is -2.06. The fraction of sp³-hybridized carbons (Fsp3) is 0.0455. The van der Waals surface area contributed by atoms with Gasteiger partial charge < -0.3 is 9.73 Å². The summed E-state index contributed by atoms with van der Waals surface area (Å²) in [6.45, 7) is 0. The van der Waals surface area contributed by atoms with Crippen LogP contribution in [0.25, 0.3) is 11.5 Å². The van der Waals surface area contributed by atoms with E-state index in [9.17, 15) is 9.18 Å². The minimum atomic E-state index is -0.351. The van der Waals surface area contributed by atoms with Gasteiger partial charge in [0.2, 0.25) is 11.8 Å². The van der Waals surface area contributed by atoms with Crippen molar-refractivity contribution >= 4 is 23.4 Å². The zero-order valence-electron chi connectivity index (χ0n) is 15.2. The van der Waals surface area contributed by atoms with Gasteiger partial charge >= 0.3 is 0 Å². The lowest BCUT2D eigenvalue weighted by Crippen LogP contribution is -2.11. The third-order valence-corrected chi connectivity index (χ3v) is 5.05. The Kier molecular flexibility index (Phi) is 5.67. The summed E-state index contributed by atoms with van der Waals surface area (Å²) in [6.07, 6.45) is 0. The van der Waals surface area contributed by atoms with E-state index in [0.717, 1.165) is 10.6 Å². The van der Waals surface area contributed by atoms with Gasteiger partial charge in [0.15, 0.2) is 0 Å². The quantitative estimate of drug-likeness (QED) is 0.434. The first kappa shape index (κ1) is 18.9. The number of aromatic nitrogens is 2. The normalized spacial score (nSPS) is 10.7. The molecule has 0 fully saturated rings. The van der Waals surface area contributed by atoms with Crippen LogP contribution >= 0.6 is 11.8 Å². The molecule has 7 heteroatoms. The van der Waals surface area contributed by atoms with Crippen molar-refractivity contribution in [2.75, 3.05) is 5.32 Å². The van der Waals surface area contributed by atoms with Gasteiger partial charge in [0.05, 0.1) is 5.75 Å². The van der Waals surface area contributed by atoms with Crippen molar-refractivity contribution in [3.8, 4) is 11.5 Å². The third-order valence-electron chi connectivity index (χ3n) is 4.05. The number of benzene rings is 3. The molecule has 3 aromatic carbocycles. The molecule has 1 amide bonds. The molecule has 144 valence electrons. The molecule has 0 saturated heterocycles. The number of amides is 1. The summed E-state index contributed by atoms with van der Waals surface area (Å²) in [7, 11) is 0. The number of anilines is 1. The predicted molar refractivity (Wildman–Crippen MR) is 110 cm³/mol. The van der Waals surface area contributed by atoms with Crippen molar-refractivity contribution in [3.05, 3.63) is 96.1 Å². The zero-order valence-corrected chi connectivity index (χ0v) is 16.0. The SMILES string of the molecule is O=C(Nc1ccc(SCc2nnc(-c3cccc(F)c3)o2)cc1)c1ccccc1. The molecule has 0 bridgehead atoms. The third kappa shape index (κ3) is 4.89. The Labute approximate surface area is 171 Å². The van der Waals surface area contributed by atoms with E-state index >= 15 is 0 Å². The van der Waals surface area contributed by atoms with Gasteiger partial charge in [-0.1, -0.05) is 24.3 Å². The zero-order chi connectivity index (χ0) is 20.1. The summed E-state index contributed by atoms with van der Waals surface area (Å²) in [5.41, 5.74) is 1.87. The Morgan fingerprint density at radius 3 is 2.52 bits per heavy atom. The van der Waals surface area contributed by atoms with E-state index in [1.807, 2.05) is 42.5 Å². The van der Waals surface area contributed by atoms with E-state index in [2.05, 4.69) is 15.5 Å². The first-order chi connectivity index (χ1) is 14.2. The molecular weight excluding hydrogens is 389 g/mol. The molecule has 4 rings (SSSR count). The van der Waals surface area contributed by atoms with Gasteiger partial charge in [-0.3, -0.25) is 4.79 Å². The predicted octanol–water partition coefficient (Wildman–Crippen LogP) is 5.42. The monoisotopic (exact) mass is 405 g/mol. The van der Waals surface area contributed by atoms with E-state index < -0.39 is 0 Å². The Bertz CT molecular complexity index is 1110. The lowest BCUT2D eigenvalue weighted by atomic mass is 10.2. The maximum absolute atomic E-state index is 13.3. The van der Waals surface area contributed by atoms with E-state index in [0.29, 0.717) is 28.7 Å². The van der Waals surface area contributed by atoms with Gasteiger partial charge in [-0.05, 0) is 54.6 Å². The van der Waals surface area contributed by atoms with Crippen molar-refractivity contribution in [3.63, 3.8) is 0 Å². The number of nitrogens with one attached hydrogen (secondary N) is 1. The highest BCUT2D eigenvalue weighted by Gasteiger charge is 2.10. The maximum Gasteiger partial charge on any atom is 0.255 e. The van der Waals surface area contributed by atoms with E-state index in [1.54, 1.807) is 24.3 Å². The van der Waals surface area contributed by atoms with E-state index in [4.69, 9.17) is 4.42 Å². The highest BCUT2D eigenvalue weighted by Crippen LogP contribution is 2.26. The average Bonchev–Trinajstić information content (AvgIpc) is 3.23. The van der Waals surface area contributed by atoms with Gasteiger partial charge in [-0.2, -0.15) is 0 Å². The molecule has 0 radical (unpaired) electrons. The summed E-state index contributed by atoms with van der Waals surface area (Å²) in [6, 6.07) is 22.6. The molecule has 4 aromatic rings. The standard InChI is InChI=1S/C22H16FN3O2S/c23-17-8-4-7-16(13-17)22-26-25-20(28-22)14-29-19-11-9-18(10-12-19)24-21(27)15-5-2-1-3-6-15/h1-13H,14H2,(H,24,27). The number of halogens is 1. The fourth-order valence-corrected chi connectivity index (χ4v) is 3.36. The number of carbonyl (C=O) groups is 1. The summed E-state index contributed by atoms with van der Waals surface area (Å²) >= 11 is 1.53. The van der Waals surface area contributed by atoms with Crippen LogP contribution in [-0.2, 0) is 5.75 Å². The summed E-state index contributed by atoms with van der Waals surface area (Å²) in [5.74, 6) is 0.727. The molecule has 0 aliphatic rings. The van der Waals surface area contributed by atoms with Gasteiger partial charge in [-0.25, -0.2) is 4.39 Å². The number of hydrogen-bond acceptors (Lipinski definition) is 5. The highest BCUT2D eigenvalue weighted by molar-refractivity contribution is 7.98. The van der Waals surface area contributed by atoms with Crippen LogP contribution in [0.15, 0.2) is 88.2 Å². The van der Waals surface area contributed by atoms with Crippen LogP contribution in [0.2, 0.25) is 0 Å². The molecule has 1 heterocycles. The molecule has 0 saturated carbocycles. The van der Waals surface area contributed by atoms with Gasteiger partial charge in [-0.15, -0.1) is 22.0 Å². The van der Waals surface area contributed by atoms with E-state index in [-0.39, 0.29) is 11.7 Å². The first-order valence-electron chi connectivity index (χ1n) is 8.85. The number of nitrogens with zero attached hydrogens (tertiary/aromatic N) is 2. The van der Waals surface area contributed by atoms with Gasteiger partial charge in [0.25, 0.3) is 5.91 Å². The number of thioether (sulfide) groups is 1. The molecule has 0 aliphatic heterocycles. The van der Waals surface area contributed by atoms with Crippen LogP contribution < -0.4 is 5.32 Å². The van der Waals surface area contributed by atoms with Crippen LogP contribution in [0.3, 0.4) is 0 Å². The molecule has 29 heavy (non-hydrogen) atoms. The van der Waals surface area contributed by atoms with Crippen LogP contribution in [0, 0.1) is 5.82 Å². The van der Waals surface area contributed by atoms with Crippen LogP contribution in [0.1, 0.15) is 16.2 Å². The van der Waals surface area contributed by atoms with Crippen LogP contribution in [0.4, 0.5) is 10.1 Å². The fourth-order valence-electron chi connectivity index (χ4n) is 2.62. The molecule has 0 aliphatic carbocycles. The van der Waals surface area contributed by atoms with Crippen molar-refractivity contribution in [2.24, 2.45) is 0 Å². The molecular formula is C22H16FN3O2S. The highest BCUT2D eigenvalue weighted by atomic mass is 32.2. The second-order valence-electron chi connectivity index (χ2n) is 6.14. The minimum absolute atomic E-state index is 0.151. The van der Waals surface area contributed by atoms with Crippen LogP contribution in [-0.4, -0.2) is 16.1 Å². The summed E-state index contributed by atoms with van der Waals surface area (Å²) in [5, 5.41) is 10.8. The Morgan fingerprint density at radius 2 is 1.76 bits per heavy atom. The average molecular weight is 405 g/mol. The summed E-state index contributed by atoms with van der Waals surface area (Å²) < 4.78 is 18.9. The van der Waals surface area contributed by atoms with Crippen LogP contribution in [0.5, 0.6) is 0 Å². The topological polar surface area (TPSA) is 68.0 Å². The molecule has 0 spiro atoms. The molecule has 5 nitrogen and oxygen atoms in total. The van der Waals surface area contributed by atoms with Crippen molar-refractivity contribution in [1.29, 1.82) is 0 Å². The molecule has 1 aromatic heterocycles.